The van der Waals surface area contributed by atoms with Crippen molar-refractivity contribution in [1.29, 1.82) is 0 Å². The van der Waals surface area contributed by atoms with Gasteiger partial charge in [0.25, 0.3) is 0 Å². The Bertz CT molecular complexity index is 888. The molecule has 0 unspecified atom stereocenters. The molecule has 2 aromatic rings. The maximum absolute atomic E-state index is 14.0. The molecule has 0 N–H and O–H groups in total. The van der Waals surface area contributed by atoms with Crippen LogP contribution in [0.3, 0.4) is 0 Å². The van der Waals surface area contributed by atoms with Crippen molar-refractivity contribution in [2.75, 3.05) is 24.7 Å². The zero-order chi connectivity index (χ0) is 18.3. The molecule has 4 nitrogen and oxygen atoms in total. The van der Waals surface area contributed by atoms with E-state index in [1.54, 1.807) is 12.1 Å². The molecular weight excluding hydrogens is 364 g/mol. The summed E-state index contributed by atoms with van der Waals surface area (Å²) in [7, 11) is 0. The molecule has 2 heterocycles. The zero-order valence-corrected chi connectivity index (χ0v) is 14.6. The Morgan fingerprint density at radius 2 is 1.96 bits per heavy atom. The summed E-state index contributed by atoms with van der Waals surface area (Å²) in [5.41, 5.74) is 1.35. The molecule has 4 rings (SSSR count). The van der Waals surface area contributed by atoms with Gasteiger partial charge in [0.15, 0.2) is 11.5 Å². The van der Waals surface area contributed by atoms with Gasteiger partial charge in [-0.25, -0.2) is 8.78 Å². The van der Waals surface area contributed by atoms with Crippen LogP contribution in [0.25, 0.3) is 0 Å². The van der Waals surface area contributed by atoms with E-state index in [0.717, 1.165) is 6.07 Å². The molecule has 0 aromatic heterocycles. The Hall–Kier alpha value is -2.34. The largest absolute Gasteiger partial charge is 0.486 e. The standard InChI is InChI=1S/C19H16ClF2NO3/c20-14-6-11(7-17-19(14)26-5-4-25-17)8-18(24)23-3-1-2-13-15(22)9-12(21)10-16(13)23/h6-7,9-10H,1-5,8H2. The van der Waals surface area contributed by atoms with Crippen LogP contribution in [0, 0.1) is 11.6 Å². The Morgan fingerprint density at radius 1 is 1.15 bits per heavy atom. The van der Waals surface area contributed by atoms with Crippen molar-refractivity contribution in [3.05, 3.63) is 52.0 Å². The lowest BCUT2D eigenvalue weighted by atomic mass is 10.00. The van der Waals surface area contributed by atoms with Crippen molar-refractivity contribution in [2.45, 2.75) is 19.3 Å². The third kappa shape index (κ3) is 3.09. The van der Waals surface area contributed by atoms with Gasteiger partial charge in [-0.2, -0.15) is 0 Å². The Balaban J connectivity index is 1.61. The summed E-state index contributed by atoms with van der Waals surface area (Å²) in [6.45, 7) is 1.26. The quantitative estimate of drug-likeness (QED) is 0.794. The van der Waals surface area contributed by atoms with Crippen LogP contribution >= 0.6 is 11.6 Å². The van der Waals surface area contributed by atoms with Crippen molar-refractivity contribution in [3.63, 3.8) is 0 Å². The predicted octanol–water partition coefficient (Wildman–Crippen LogP) is 3.91. The highest BCUT2D eigenvalue weighted by atomic mass is 35.5. The number of halogens is 3. The lowest BCUT2D eigenvalue weighted by Gasteiger charge is -2.30. The monoisotopic (exact) mass is 379 g/mol. The number of carbonyl (C=O) groups is 1. The van der Waals surface area contributed by atoms with Gasteiger partial charge in [0, 0.05) is 18.2 Å². The topological polar surface area (TPSA) is 38.8 Å². The first-order valence-corrected chi connectivity index (χ1v) is 8.77. The number of nitrogens with zero attached hydrogens (tertiary/aromatic N) is 1. The van der Waals surface area contributed by atoms with Crippen LogP contribution in [-0.4, -0.2) is 25.7 Å². The molecule has 2 aliphatic rings. The molecule has 136 valence electrons. The summed E-state index contributed by atoms with van der Waals surface area (Å²) in [6.07, 6.45) is 1.16. The fourth-order valence-corrected chi connectivity index (χ4v) is 3.70. The summed E-state index contributed by atoms with van der Waals surface area (Å²) in [6, 6.07) is 5.44. The molecule has 0 fully saturated rings. The maximum atomic E-state index is 14.0. The van der Waals surface area contributed by atoms with E-state index in [2.05, 4.69) is 0 Å². The van der Waals surface area contributed by atoms with Crippen molar-refractivity contribution < 1.29 is 23.0 Å². The van der Waals surface area contributed by atoms with E-state index in [1.165, 1.54) is 11.0 Å². The van der Waals surface area contributed by atoms with E-state index in [9.17, 15) is 13.6 Å². The minimum atomic E-state index is -0.691. The second-order valence-electron chi connectivity index (χ2n) is 6.31. The second kappa shape index (κ2) is 6.76. The number of hydrogen-bond acceptors (Lipinski definition) is 3. The number of amides is 1. The maximum Gasteiger partial charge on any atom is 0.231 e. The minimum Gasteiger partial charge on any atom is -0.486 e. The molecule has 2 aliphatic heterocycles. The van der Waals surface area contributed by atoms with E-state index in [-0.39, 0.29) is 12.3 Å². The average molecular weight is 380 g/mol. The normalized spacial score (nSPS) is 15.6. The molecule has 0 saturated carbocycles. The van der Waals surface area contributed by atoms with Gasteiger partial charge in [0.2, 0.25) is 5.91 Å². The molecule has 2 aromatic carbocycles. The average Bonchev–Trinajstić information content (AvgIpc) is 2.61. The van der Waals surface area contributed by atoms with Gasteiger partial charge in [0.1, 0.15) is 24.8 Å². The molecule has 0 radical (unpaired) electrons. The van der Waals surface area contributed by atoms with Crippen LogP contribution in [0.4, 0.5) is 14.5 Å². The molecule has 1 amide bonds. The Labute approximate surface area is 154 Å². The number of carbonyl (C=O) groups excluding carboxylic acids is 1. The van der Waals surface area contributed by atoms with Crippen LogP contribution in [0.2, 0.25) is 5.02 Å². The first-order valence-electron chi connectivity index (χ1n) is 8.39. The minimum absolute atomic E-state index is 0.0495. The molecule has 0 spiro atoms. The number of benzene rings is 2. The van der Waals surface area contributed by atoms with E-state index < -0.39 is 11.6 Å². The highest BCUT2D eigenvalue weighted by Gasteiger charge is 2.26. The first-order chi connectivity index (χ1) is 12.5. The fourth-order valence-electron chi connectivity index (χ4n) is 3.41. The summed E-state index contributed by atoms with van der Waals surface area (Å²) in [5, 5.41) is 0.376. The SMILES string of the molecule is O=C(Cc1cc(Cl)c2c(c1)OCCO2)N1CCCc2c(F)cc(F)cc21. The van der Waals surface area contributed by atoms with E-state index in [4.69, 9.17) is 21.1 Å². The van der Waals surface area contributed by atoms with Crippen molar-refractivity contribution in [3.8, 4) is 11.5 Å². The van der Waals surface area contributed by atoms with Crippen molar-refractivity contribution in [1.82, 2.24) is 0 Å². The highest BCUT2D eigenvalue weighted by molar-refractivity contribution is 6.32. The molecule has 7 heteroatoms. The zero-order valence-electron chi connectivity index (χ0n) is 13.9. The lowest BCUT2D eigenvalue weighted by molar-refractivity contribution is -0.118. The molecule has 0 saturated heterocycles. The van der Waals surface area contributed by atoms with E-state index in [0.29, 0.717) is 65.9 Å². The number of ether oxygens (including phenoxy) is 2. The predicted molar refractivity (Wildman–Crippen MR) is 93.2 cm³/mol. The molecule has 0 bridgehead atoms. The van der Waals surface area contributed by atoms with Gasteiger partial charge >= 0.3 is 0 Å². The van der Waals surface area contributed by atoms with Gasteiger partial charge in [-0.1, -0.05) is 11.6 Å². The first kappa shape index (κ1) is 17.1. The second-order valence-corrected chi connectivity index (χ2v) is 6.72. The van der Waals surface area contributed by atoms with Crippen molar-refractivity contribution >= 4 is 23.2 Å². The smallest absolute Gasteiger partial charge is 0.231 e. The summed E-state index contributed by atoms with van der Waals surface area (Å²) in [5.74, 6) is -0.573. The Kier molecular flexibility index (Phi) is 4.44. The van der Waals surface area contributed by atoms with Crippen LogP contribution in [0.5, 0.6) is 11.5 Å². The molecule has 26 heavy (non-hydrogen) atoms. The summed E-state index contributed by atoms with van der Waals surface area (Å²) >= 11 is 6.21. The van der Waals surface area contributed by atoms with Gasteiger partial charge in [-0.15, -0.1) is 0 Å². The number of hydrogen-bond donors (Lipinski definition) is 0. The molecular formula is C19H16ClF2NO3. The fraction of sp³-hybridized carbons (Fsp3) is 0.316. The Morgan fingerprint density at radius 3 is 2.81 bits per heavy atom. The van der Waals surface area contributed by atoms with Gasteiger partial charge in [-0.3, -0.25) is 4.79 Å². The molecule has 0 aliphatic carbocycles. The third-order valence-corrected chi connectivity index (χ3v) is 4.83. The van der Waals surface area contributed by atoms with Crippen LogP contribution in [0.15, 0.2) is 24.3 Å². The van der Waals surface area contributed by atoms with E-state index in [1.807, 2.05) is 0 Å². The highest BCUT2D eigenvalue weighted by Crippen LogP contribution is 2.39. The third-order valence-electron chi connectivity index (χ3n) is 4.55. The van der Waals surface area contributed by atoms with Gasteiger partial charge < -0.3 is 14.4 Å². The lowest BCUT2D eigenvalue weighted by Crippen LogP contribution is -2.37. The van der Waals surface area contributed by atoms with Crippen LogP contribution in [-0.2, 0) is 17.6 Å². The number of rotatable bonds is 2. The molecule has 0 atom stereocenters. The van der Waals surface area contributed by atoms with Gasteiger partial charge in [-0.05, 0) is 36.6 Å². The van der Waals surface area contributed by atoms with E-state index >= 15 is 0 Å². The van der Waals surface area contributed by atoms with Crippen molar-refractivity contribution in [2.24, 2.45) is 0 Å². The van der Waals surface area contributed by atoms with Crippen LogP contribution in [0.1, 0.15) is 17.5 Å². The summed E-state index contributed by atoms with van der Waals surface area (Å²) in [4.78, 5) is 14.2. The van der Waals surface area contributed by atoms with Gasteiger partial charge in [0.05, 0.1) is 17.1 Å². The number of anilines is 1. The number of fused-ring (bicyclic) bond motifs is 2. The summed E-state index contributed by atoms with van der Waals surface area (Å²) < 4.78 is 38.6. The van der Waals surface area contributed by atoms with Crippen LogP contribution < -0.4 is 14.4 Å².